The van der Waals surface area contributed by atoms with Crippen LogP contribution in [0.3, 0.4) is 0 Å². The molecule has 0 heterocycles. The molecule has 0 bridgehead atoms. The SMILES string of the molecule is C=CCCCN(C)CC1CC(O)C1. The zero-order valence-corrected chi connectivity index (χ0v) is 8.58. The Bertz CT molecular complexity index is 152. The monoisotopic (exact) mass is 183 g/mol. The molecular formula is C11H21NO. The summed E-state index contributed by atoms with van der Waals surface area (Å²) in [5, 5.41) is 9.11. The molecule has 0 radical (unpaired) electrons. The van der Waals surface area contributed by atoms with Crippen LogP contribution in [0.4, 0.5) is 0 Å². The largest absolute Gasteiger partial charge is 0.393 e. The highest BCUT2D eigenvalue weighted by atomic mass is 16.3. The summed E-state index contributed by atoms with van der Waals surface area (Å²) in [4.78, 5) is 2.36. The highest BCUT2D eigenvalue weighted by Gasteiger charge is 2.27. The van der Waals surface area contributed by atoms with Crippen molar-refractivity contribution >= 4 is 0 Å². The first kappa shape index (κ1) is 10.7. The van der Waals surface area contributed by atoms with Crippen molar-refractivity contribution in [3.63, 3.8) is 0 Å². The molecule has 0 amide bonds. The smallest absolute Gasteiger partial charge is 0.0546 e. The van der Waals surface area contributed by atoms with Crippen LogP contribution >= 0.6 is 0 Å². The van der Waals surface area contributed by atoms with E-state index in [0.717, 1.165) is 38.3 Å². The van der Waals surface area contributed by atoms with Crippen molar-refractivity contribution in [3.8, 4) is 0 Å². The molecule has 1 rings (SSSR count). The second-order valence-electron chi connectivity index (χ2n) is 4.18. The molecule has 1 N–H and O–H groups in total. The van der Waals surface area contributed by atoms with Gasteiger partial charge in [-0.3, -0.25) is 0 Å². The van der Waals surface area contributed by atoms with E-state index in [1.54, 1.807) is 0 Å². The fraction of sp³-hybridized carbons (Fsp3) is 0.818. The van der Waals surface area contributed by atoms with E-state index in [4.69, 9.17) is 5.11 Å². The molecule has 2 nitrogen and oxygen atoms in total. The van der Waals surface area contributed by atoms with Crippen molar-refractivity contribution in [2.45, 2.75) is 31.8 Å². The van der Waals surface area contributed by atoms with E-state index >= 15 is 0 Å². The molecule has 76 valence electrons. The first-order chi connectivity index (χ1) is 6.22. The van der Waals surface area contributed by atoms with Gasteiger partial charge in [-0.05, 0) is 45.2 Å². The van der Waals surface area contributed by atoms with Crippen molar-refractivity contribution in [1.82, 2.24) is 4.90 Å². The second kappa shape index (κ2) is 5.40. The van der Waals surface area contributed by atoms with Gasteiger partial charge in [-0.25, -0.2) is 0 Å². The predicted molar refractivity (Wildman–Crippen MR) is 55.7 cm³/mol. The van der Waals surface area contributed by atoms with Gasteiger partial charge in [0.1, 0.15) is 0 Å². The third kappa shape index (κ3) is 3.92. The standard InChI is InChI=1S/C11H21NO/c1-3-4-5-6-12(2)9-10-7-11(13)8-10/h3,10-11,13H,1,4-9H2,2H3. The minimum absolute atomic E-state index is 0.00780. The third-order valence-electron chi connectivity index (χ3n) is 2.73. The lowest BCUT2D eigenvalue weighted by Crippen LogP contribution is -2.37. The minimum Gasteiger partial charge on any atom is -0.393 e. The van der Waals surface area contributed by atoms with Gasteiger partial charge in [0.15, 0.2) is 0 Å². The minimum atomic E-state index is -0.00780. The fourth-order valence-corrected chi connectivity index (χ4v) is 1.89. The second-order valence-corrected chi connectivity index (χ2v) is 4.18. The Morgan fingerprint density at radius 3 is 2.77 bits per heavy atom. The molecule has 1 aliphatic rings. The van der Waals surface area contributed by atoms with E-state index in [0.29, 0.717) is 0 Å². The maximum Gasteiger partial charge on any atom is 0.0546 e. The summed E-state index contributed by atoms with van der Waals surface area (Å²) in [6.45, 7) is 6.00. The van der Waals surface area contributed by atoms with Crippen LogP contribution in [0.1, 0.15) is 25.7 Å². The average molecular weight is 183 g/mol. The molecule has 1 aliphatic carbocycles. The topological polar surface area (TPSA) is 23.5 Å². The Kier molecular flexibility index (Phi) is 4.46. The molecule has 0 aromatic rings. The summed E-state index contributed by atoms with van der Waals surface area (Å²) < 4.78 is 0. The molecule has 0 saturated heterocycles. The van der Waals surface area contributed by atoms with Crippen LogP contribution in [-0.2, 0) is 0 Å². The lowest BCUT2D eigenvalue weighted by Gasteiger charge is -2.34. The number of rotatable bonds is 6. The van der Waals surface area contributed by atoms with Gasteiger partial charge in [-0.2, -0.15) is 0 Å². The average Bonchev–Trinajstić information content (AvgIpc) is 2.02. The zero-order chi connectivity index (χ0) is 9.68. The van der Waals surface area contributed by atoms with Crippen LogP contribution in [0.25, 0.3) is 0 Å². The summed E-state index contributed by atoms with van der Waals surface area (Å²) in [7, 11) is 2.16. The van der Waals surface area contributed by atoms with Gasteiger partial charge in [-0.1, -0.05) is 6.08 Å². The molecule has 0 aromatic carbocycles. The molecule has 0 aliphatic heterocycles. The fourth-order valence-electron chi connectivity index (χ4n) is 1.89. The van der Waals surface area contributed by atoms with E-state index < -0.39 is 0 Å². The van der Waals surface area contributed by atoms with E-state index in [9.17, 15) is 0 Å². The zero-order valence-electron chi connectivity index (χ0n) is 8.58. The van der Waals surface area contributed by atoms with E-state index in [2.05, 4.69) is 18.5 Å². The molecule has 2 heteroatoms. The summed E-state index contributed by atoms with van der Waals surface area (Å²) in [5.41, 5.74) is 0. The van der Waals surface area contributed by atoms with E-state index in [-0.39, 0.29) is 6.10 Å². The van der Waals surface area contributed by atoms with Gasteiger partial charge in [0.2, 0.25) is 0 Å². The van der Waals surface area contributed by atoms with Gasteiger partial charge in [0, 0.05) is 6.54 Å². The number of nitrogens with zero attached hydrogens (tertiary/aromatic N) is 1. The molecule has 0 aromatic heterocycles. The van der Waals surface area contributed by atoms with Crippen molar-refractivity contribution in [2.24, 2.45) is 5.92 Å². The van der Waals surface area contributed by atoms with Crippen LogP contribution in [0.2, 0.25) is 0 Å². The van der Waals surface area contributed by atoms with E-state index in [1.165, 1.54) is 6.42 Å². The Morgan fingerprint density at radius 1 is 1.54 bits per heavy atom. The Morgan fingerprint density at radius 2 is 2.23 bits per heavy atom. The van der Waals surface area contributed by atoms with Crippen LogP contribution in [0.5, 0.6) is 0 Å². The first-order valence-corrected chi connectivity index (χ1v) is 5.20. The van der Waals surface area contributed by atoms with Crippen LogP contribution in [-0.4, -0.2) is 36.2 Å². The predicted octanol–water partition coefficient (Wildman–Crippen LogP) is 1.66. The lowest BCUT2D eigenvalue weighted by molar-refractivity contribution is 0.0283. The number of aliphatic hydroxyl groups excluding tert-OH is 1. The van der Waals surface area contributed by atoms with Crippen molar-refractivity contribution in [3.05, 3.63) is 12.7 Å². The maximum absolute atomic E-state index is 9.11. The number of aliphatic hydroxyl groups is 1. The van der Waals surface area contributed by atoms with Gasteiger partial charge in [0.25, 0.3) is 0 Å². The van der Waals surface area contributed by atoms with E-state index in [1.807, 2.05) is 6.08 Å². The number of hydrogen-bond acceptors (Lipinski definition) is 2. The van der Waals surface area contributed by atoms with Crippen LogP contribution < -0.4 is 0 Å². The molecule has 0 atom stereocenters. The third-order valence-corrected chi connectivity index (χ3v) is 2.73. The molecule has 0 spiro atoms. The van der Waals surface area contributed by atoms with Crippen LogP contribution in [0.15, 0.2) is 12.7 Å². The van der Waals surface area contributed by atoms with Gasteiger partial charge >= 0.3 is 0 Å². The Hall–Kier alpha value is -0.340. The highest BCUT2D eigenvalue weighted by Crippen LogP contribution is 2.27. The molecular weight excluding hydrogens is 162 g/mol. The maximum atomic E-state index is 9.11. The normalized spacial score (nSPS) is 27.3. The first-order valence-electron chi connectivity index (χ1n) is 5.20. The van der Waals surface area contributed by atoms with Crippen molar-refractivity contribution < 1.29 is 5.11 Å². The van der Waals surface area contributed by atoms with Gasteiger partial charge in [0.05, 0.1) is 6.10 Å². The highest BCUT2D eigenvalue weighted by molar-refractivity contribution is 4.80. The summed E-state index contributed by atoms with van der Waals surface area (Å²) in [5.74, 6) is 0.740. The quantitative estimate of drug-likeness (QED) is 0.500. The number of allylic oxidation sites excluding steroid dienone is 1. The Balaban J connectivity index is 1.97. The number of unbranched alkanes of at least 4 members (excludes halogenated alkanes) is 1. The summed E-state index contributed by atoms with van der Waals surface area (Å²) >= 11 is 0. The molecule has 0 unspecified atom stereocenters. The molecule has 1 fully saturated rings. The van der Waals surface area contributed by atoms with Crippen molar-refractivity contribution in [2.75, 3.05) is 20.1 Å². The summed E-state index contributed by atoms with van der Waals surface area (Å²) in [6.07, 6.45) is 6.29. The van der Waals surface area contributed by atoms with Crippen LogP contribution in [0, 0.1) is 5.92 Å². The lowest BCUT2D eigenvalue weighted by atomic mass is 9.82. The number of hydrogen-bond donors (Lipinski definition) is 1. The molecule has 13 heavy (non-hydrogen) atoms. The van der Waals surface area contributed by atoms with Gasteiger partial charge < -0.3 is 10.0 Å². The molecule has 1 saturated carbocycles. The Labute approximate surface area is 81.2 Å². The van der Waals surface area contributed by atoms with Crippen molar-refractivity contribution in [1.29, 1.82) is 0 Å². The van der Waals surface area contributed by atoms with Gasteiger partial charge in [-0.15, -0.1) is 6.58 Å². The summed E-state index contributed by atoms with van der Waals surface area (Å²) in [6, 6.07) is 0.